The normalized spacial score (nSPS) is 11.4. The van der Waals surface area contributed by atoms with E-state index in [2.05, 4.69) is 15.2 Å². The average Bonchev–Trinajstić information content (AvgIpc) is 2.90. The van der Waals surface area contributed by atoms with Crippen LogP contribution in [-0.2, 0) is 15.4 Å². The molecule has 0 saturated carbocycles. The first-order valence-corrected chi connectivity index (χ1v) is 12.8. The van der Waals surface area contributed by atoms with Crippen LogP contribution in [0, 0.1) is 11.3 Å². The zero-order valence-corrected chi connectivity index (χ0v) is 23.3. The maximum Gasteiger partial charge on any atom is 0.357 e. The lowest BCUT2D eigenvalue weighted by atomic mass is 9.91. The summed E-state index contributed by atoms with van der Waals surface area (Å²) in [6.45, 7) is 7.78. The quantitative estimate of drug-likeness (QED) is 0.193. The number of alkyl halides is 2. The number of nitrogens with one attached hydrogen (secondary N) is 2. The van der Waals surface area contributed by atoms with Gasteiger partial charge in [-0.2, -0.15) is 0 Å². The molecular weight excluding hydrogens is 502 g/mol. The van der Waals surface area contributed by atoms with Gasteiger partial charge in [-0.15, -0.1) is 0 Å². The second-order valence-corrected chi connectivity index (χ2v) is 9.62. The topological polar surface area (TPSA) is 87.5 Å². The summed E-state index contributed by atoms with van der Waals surface area (Å²) in [4.78, 5) is 19.4. The molecule has 1 heterocycles. The molecule has 3 aromatic rings. The number of anilines is 3. The van der Waals surface area contributed by atoms with Gasteiger partial charge < -0.3 is 25.1 Å². The van der Waals surface area contributed by atoms with Gasteiger partial charge in [0, 0.05) is 55.8 Å². The Labute approximate surface area is 228 Å². The van der Waals surface area contributed by atoms with Gasteiger partial charge in [-0.3, -0.25) is 0 Å². The smallest absolute Gasteiger partial charge is 0.357 e. The van der Waals surface area contributed by atoms with E-state index in [0.29, 0.717) is 30.0 Å². The van der Waals surface area contributed by atoms with Crippen molar-refractivity contribution in [3.05, 3.63) is 71.4 Å². The summed E-state index contributed by atoms with van der Waals surface area (Å²) < 4.78 is 38.5. The molecule has 2 N–H and O–H groups in total. The van der Waals surface area contributed by atoms with E-state index in [1.165, 1.54) is 18.2 Å². The molecule has 0 aliphatic heterocycles. The minimum absolute atomic E-state index is 0.0490. The Hall–Kier alpha value is -3.85. The number of benzene rings is 2. The van der Waals surface area contributed by atoms with Crippen LogP contribution in [0.25, 0.3) is 11.1 Å². The highest BCUT2D eigenvalue weighted by atomic mass is 19.3. The number of esters is 1. The van der Waals surface area contributed by atoms with Crippen LogP contribution in [0.5, 0.6) is 0 Å². The molecule has 0 bridgehead atoms. The molecule has 39 heavy (non-hydrogen) atoms. The Bertz CT molecular complexity index is 1300. The van der Waals surface area contributed by atoms with Gasteiger partial charge in [-0.25, -0.2) is 18.6 Å². The van der Waals surface area contributed by atoms with Crippen LogP contribution in [0.4, 0.5) is 26.0 Å². The monoisotopic (exact) mass is 538 g/mol. The molecule has 0 amide bonds. The number of pyridine rings is 1. The largest absolute Gasteiger partial charge is 0.461 e. The third-order valence-corrected chi connectivity index (χ3v) is 6.23. The van der Waals surface area contributed by atoms with Gasteiger partial charge in [0.2, 0.25) is 0 Å². The highest BCUT2D eigenvalue weighted by Crippen LogP contribution is 2.35. The lowest BCUT2D eigenvalue weighted by Gasteiger charge is -2.22. The Morgan fingerprint density at radius 1 is 1.15 bits per heavy atom. The fraction of sp³-hybridized carbons (Fsp3) is 0.367. The first-order valence-electron chi connectivity index (χ1n) is 12.8. The van der Waals surface area contributed by atoms with E-state index in [4.69, 9.17) is 14.9 Å². The van der Waals surface area contributed by atoms with E-state index < -0.39 is 11.9 Å². The van der Waals surface area contributed by atoms with Gasteiger partial charge in [0.15, 0.2) is 5.69 Å². The third kappa shape index (κ3) is 7.38. The van der Waals surface area contributed by atoms with Crippen molar-refractivity contribution in [2.24, 2.45) is 5.92 Å². The molecule has 0 saturated heterocycles. The summed E-state index contributed by atoms with van der Waals surface area (Å²) in [5.41, 5.74) is 3.37. The predicted octanol–water partition coefficient (Wildman–Crippen LogP) is 6.89. The van der Waals surface area contributed by atoms with Gasteiger partial charge in [-0.05, 0) is 54.3 Å². The van der Waals surface area contributed by atoms with Gasteiger partial charge in [-0.1, -0.05) is 38.1 Å². The van der Waals surface area contributed by atoms with Crippen LogP contribution in [0.2, 0.25) is 0 Å². The van der Waals surface area contributed by atoms with E-state index in [-0.39, 0.29) is 35.3 Å². The van der Waals surface area contributed by atoms with Crippen molar-refractivity contribution < 1.29 is 23.0 Å². The minimum atomic E-state index is -3.03. The zero-order chi connectivity index (χ0) is 28.7. The van der Waals surface area contributed by atoms with Crippen molar-refractivity contribution in [1.29, 1.82) is 5.41 Å². The number of nitrogens with zero attached hydrogens (tertiary/aromatic N) is 2. The summed E-state index contributed by atoms with van der Waals surface area (Å²) in [5, 5.41) is 12.0. The predicted molar refractivity (Wildman–Crippen MR) is 152 cm³/mol. The number of aromatic nitrogens is 1. The van der Waals surface area contributed by atoms with E-state index in [0.717, 1.165) is 18.2 Å². The van der Waals surface area contributed by atoms with Crippen LogP contribution in [0.1, 0.15) is 49.3 Å². The van der Waals surface area contributed by atoms with Gasteiger partial charge >= 0.3 is 5.97 Å². The zero-order valence-electron chi connectivity index (χ0n) is 23.3. The summed E-state index contributed by atoms with van der Waals surface area (Å²) in [5.74, 6) is -3.61. The maximum absolute atomic E-state index is 14.0. The number of methoxy groups -OCH3 is 1. The molecule has 0 aliphatic carbocycles. The Kier molecular flexibility index (Phi) is 9.75. The van der Waals surface area contributed by atoms with Gasteiger partial charge in [0.1, 0.15) is 5.82 Å². The second-order valence-electron chi connectivity index (χ2n) is 9.62. The van der Waals surface area contributed by atoms with Crippen LogP contribution in [-0.4, -0.2) is 50.6 Å². The second kappa shape index (κ2) is 12.8. The van der Waals surface area contributed by atoms with Crippen LogP contribution in [0.15, 0.2) is 54.6 Å². The molecule has 208 valence electrons. The number of rotatable bonds is 12. The first-order chi connectivity index (χ1) is 18.5. The van der Waals surface area contributed by atoms with Crippen molar-refractivity contribution in [2.45, 2.75) is 33.6 Å². The van der Waals surface area contributed by atoms with Crippen LogP contribution >= 0.6 is 0 Å². The summed E-state index contributed by atoms with van der Waals surface area (Å²) >= 11 is 0. The van der Waals surface area contributed by atoms with Crippen molar-refractivity contribution in [3.8, 4) is 11.1 Å². The van der Waals surface area contributed by atoms with Crippen molar-refractivity contribution in [1.82, 2.24) is 4.98 Å². The molecule has 0 spiro atoms. The molecule has 0 aliphatic rings. The van der Waals surface area contributed by atoms with Crippen LogP contribution in [0.3, 0.4) is 0 Å². The summed E-state index contributed by atoms with van der Waals surface area (Å²) in [6.07, 6.45) is 0. The van der Waals surface area contributed by atoms with Crippen molar-refractivity contribution >= 4 is 28.9 Å². The summed E-state index contributed by atoms with van der Waals surface area (Å²) in [7, 11) is 3.62. The summed E-state index contributed by atoms with van der Waals surface area (Å²) in [6, 6.07) is 15.2. The molecule has 0 unspecified atom stereocenters. The molecule has 0 fully saturated rings. The fourth-order valence-electron chi connectivity index (χ4n) is 3.99. The third-order valence-electron chi connectivity index (χ3n) is 6.23. The Balaban J connectivity index is 2.20. The van der Waals surface area contributed by atoms with E-state index in [1.54, 1.807) is 26.2 Å². The van der Waals surface area contributed by atoms with Gasteiger partial charge in [0.05, 0.1) is 13.2 Å². The molecule has 3 rings (SSSR count). The number of ether oxygens (including phenoxy) is 2. The van der Waals surface area contributed by atoms with E-state index in [9.17, 15) is 13.6 Å². The fourth-order valence-corrected chi connectivity index (χ4v) is 3.99. The number of hydrogen-bond acceptors (Lipinski definition) is 7. The molecule has 1 aromatic heterocycles. The average molecular weight is 539 g/mol. The molecule has 9 heteroatoms. The minimum Gasteiger partial charge on any atom is -0.461 e. The molecular formula is C30H36F2N4O3. The number of halogens is 2. The van der Waals surface area contributed by atoms with Crippen molar-refractivity contribution in [2.75, 3.05) is 44.1 Å². The standard InChI is InChI=1S/C30H36F2N4O3/c1-7-39-29(37)25-18-24(20-11-13-23(14-12-20)36(5)15-16-38-6)26(27(33)19(2)3)28(35-25)34-22-10-8-9-21(17-22)30(4,31)32/h8-14,17-19,33H,7,15-16H2,1-6H3,(H,34,35). The first kappa shape index (κ1) is 29.7. The van der Waals surface area contributed by atoms with Crippen LogP contribution < -0.4 is 10.2 Å². The Morgan fingerprint density at radius 2 is 1.85 bits per heavy atom. The SMILES string of the molecule is CCOC(=O)c1cc(-c2ccc(N(C)CCOC)cc2)c(C(=N)C(C)C)c(Nc2cccc(C(C)(F)F)c2)n1. The van der Waals surface area contributed by atoms with Gasteiger partial charge in [0.25, 0.3) is 5.92 Å². The lowest BCUT2D eigenvalue weighted by Crippen LogP contribution is -2.21. The molecule has 0 radical (unpaired) electrons. The highest BCUT2D eigenvalue weighted by molar-refractivity contribution is 6.10. The lowest BCUT2D eigenvalue weighted by molar-refractivity contribution is 0.0175. The maximum atomic E-state index is 14.0. The number of hydrogen-bond donors (Lipinski definition) is 2. The van der Waals surface area contributed by atoms with E-state index >= 15 is 0 Å². The number of carbonyl (C=O) groups excluding carboxylic acids is 1. The Morgan fingerprint density at radius 3 is 2.44 bits per heavy atom. The van der Waals surface area contributed by atoms with Crippen molar-refractivity contribution in [3.63, 3.8) is 0 Å². The molecule has 2 aromatic carbocycles. The highest BCUT2D eigenvalue weighted by Gasteiger charge is 2.26. The number of carbonyl (C=O) groups is 1. The number of likely N-dealkylation sites (N-methyl/N-ethyl adjacent to an activating group) is 1. The van der Waals surface area contributed by atoms with E-state index in [1.807, 2.05) is 45.2 Å². The molecule has 0 atom stereocenters. The molecule has 7 nitrogen and oxygen atoms in total.